The lowest BCUT2D eigenvalue weighted by Gasteiger charge is -2.39. The van der Waals surface area contributed by atoms with E-state index in [2.05, 4.69) is 10.3 Å². The van der Waals surface area contributed by atoms with Gasteiger partial charge in [-0.05, 0) is 75.8 Å². The smallest absolute Gasteiger partial charge is 0.264 e. The average molecular weight is 368 g/mol. The summed E-state index contributed by atoms with van der Waals surface area (Å²) in [6, 6.07) is 11.3. The van der Waals surface area contributed by atoms with Crippen LogP contribution in [-0.4, -0.2) is 27.7 Å². The standard InChI is InChI=1S/C22H28N2O3/c1-14-8-7-10-19(15(14)2)27-22(3,4)21(26)24-20(16-12-17(25)13-16)18-9-5-6-11-23-18/h5-11,16-17,20,25H,12-13H2,1-4H3,(H,24,26)/t16?,17?,20-/m1/s1. The van der Waals surface area contributed by atoms with Gasteiger partial charge in [-0.1, -0.05) is 18.2 Å². The molecule has 3 rings (SSSR count). The third kappa shape index (κ3) is 4.30. The normalized spacial score (nSPS) is 20.5. The lowest BCUT2D eigenvalue weighted by Crippen LogP contribution is -2.51. The number of hydrogen-bond acceptors (Lipinski definition) is 4. The van der Waals surface area contributed by atoms with Crippen molar-refractivity contribution in [3.05, 3.63) is 59.4 Å². The fraction of sp³-hybridized carbons (Fsp3) is 0.455. The predicted octanol–water partition coefficient (Wildman–Crippen LogP) is 3.48. The van der Waals surface area contributed by atoms with Crippen LogP contribution in [0.15, 0.2) is 42.6 Å². The van der Waals surface area contributed by atoms with Gasteiger partial charge in [-0.2, -0.15) is 0 Å². The summed E-state index contributed by atoms with van der Waals surface area (Å²) >= 11 is 0. The number of nitrogens with zero attached hydrogens (tertiary/aromatic N) is 1. The Balaban J connectivity index is 1.77. The summed E-state index contributed by atoms with van der Waals surface area (Å²) in [4.78, 5) is 17.5. The molecule has 0 radical (unpaired) electrons. The van der Waals surface area contributed by atoms with Crippen molar-refractivity contribution in [1.29, 1.82) is 0 Å². The number of benzene rings is 1. The molecule has 0 aliphatic heterocycles. The Morgan fingerprint density at radius 3 is 2.59 bits per heavy atom. The van der Waals surface area contributed by atoms with Crippen molar-refractivity contribution in [2.24, 2.45) is 5.92 Å². The minimum Gasteiger partial charge on any atom is -0.478 e. The van der Waals surface area contributed by atoms with Gasteiger partial charge in [-0.3, -0.25) is 9.78 Å². The molecular formula is C22H28N2O3. The van der Waals surface area contributed by atoms with Crippen LogP contribution in [0.2, 0.25) is 0 Å². The topological polar surface area (TPSA) is 71.5 Å². The largest absolute Gasteiger partial charge is 0.478 e. The van der Waals surface area contributed by atoms with E-state index in [1.807, 2.05) is 50.2 Å². The highest BCUT2D eigenvalue weighted by molar-refractivity contribution is 5.85. The Bertz CT molecular complexity index is 798. The number of amides is 1. The van der Waals surface area contributed by atoms with Gasteiger partial charge in [-0.15, -0.1) is 0 Å². The molecule has 0 unspecified atom stereocenters. The highest BCUT2D eigenvalue weighted by Crippen LogP contribution is 2.38. The van der Waals surface area contributed by atoms with E-state index in [9.17, 15) is 9.90 Å². The van der Waals surface area contributed by atoms with Crippen molar-refractivity contribution in [2.75, 3.05) is 0 Å². The second kappa shape index (κ2) is 7.69. The van der Waals surface area contributed by atoms with Crippen LogP contribution in [0.1, 0.15) is 49.6 Å². The maximum atomic E-state index is 13.0. The summed E-state index contributed by atoms with van der Waals surface area (Å²) in [6.45, 7) is 7.56. The Morgan fingerprint density at radius 2 is 1.96 bits per heavy atom. The zero-order chi connectivity index (χ0) is 19.6. The molecule has 0 spiro atoms. The van der Waals surface area contributed by atoms with Crippen molar-refractivity contribution in [2.45, 2.75) is 58.3 Å². The minimum absolute atomic E-state index is 0.176. The monoisotopic (exact) mass is 368 g/mol. The zero-order valence-corrected chi connectivity index (χ0v) is 16.4. The van der Waals surface area contributed by atoms with E-state index in [1.165, 1.54) is 0 Å². The molecule has 1 aromatic heterocycles. The van der Waals surface area contributed by atoms with Gasteiger partial charge in [0, 0.05) is 6.20 Å². The van der Waals surface area contributed by atoms with E-state index in [4.69, 9.17) is 4.74 Å². The second-order valence-corrected chi connectivity index (χ2v) is 7.90. The first kappa shape index (κ1) is 19.4. The Hall–Kier alpha value is -2.40. The van der Waals surface area contributed by atoms with Crippen molar-refractivity contribution in [1.82, 2.24) is 10.3 Å². The summed E-state index contributed by atoms with van der Waals surface area (Å²) in [6.07, 6.45) is 2.76. The summed E-state index contributed by atoms with van der Waals surface area (Å²) in [7, 11) is 0. The number of ether oxygens (including phenoxy) is 1. The Labute approximate surface area is 160 Å². The molecule has 2 aromatic rings. The number of nitrogens with one attached hydrogen (secondary N) is 1. The van der Waals surface area contributed by atoms with Crippen LogP contribution >= 0.6 is 0 Å². The summed E-state index contributed by atoms with van der Waals surface area (Å²) in [5.41, 5.74) is 1.93. The predicted molar refractivity (Wildman–Crippen MR) is 104 cm³/mol. The molecule has 1 amide bonds. The quantitative estimate of drug-likeness (QED) is 0.819. The van der Waals surface area contributed by atoms with Gasteiger partial charge in [0.1, 0.15) is 5.75 Å². The molecule has 5 nitrogen and oxygen atoms in total. The van der Waals surface area contributed by atoms with Gasteiger partial charge >= 0.3 is 0 Å². The lowest BCUT2D eigenvalue weighted by molar-refractivity contribution is -0.136. The van der Waals surface area contributed by atoms with Gasteiger partial charge in [-0.25, -0.2) is 0 Å². The maximum absolute atomic E-state index is 13.0. The van der Waals surface area contributed by atoms with Crippen LogP contribution in [0.3, 0.4) is 0 Å². The van der Waals surface area contributed by atoms with Crippen LogP contribution in [0.5, 0.6) is 5.75 Å². The number of carbonyl (C=O) groups excluding carboxylic acids is 1. The van der Waals surface area contributed by atoms with Gasteiger partial charge in [0.2, 0.25) is 0 Å². The van der Waals surface area contributed by atoms with Crippen LogP contribution in [0.25, 0.3) is 0 Å². The molecule has 1 fully saturated rings. The average Bonchev–Trinajstić information content (AvgIpc) is 2.61. The first-order chi connectivity index (χ1) is 12.8. The lowest BCUT2D eigenvalue weighted by atomic mass is 9.76. The molecule has 5 heteroatoms. The molecule has 1 aromatic carbocycles. The highest BCUT2D eigenvalue weighted by Gasteiger charge is 2.39. The maximum Gasteiger partial charge on any atom is 0.264 e. The number of carbonyl (C=O) groups is 1. The number of pyridine rings is 1. The first-order valence-electron chi connectivity index (χ1n) is 9.43. The minimum atomic E-state index is -1.03. The van der Waals surface area contributed by atoms with Gasteiger partial charge < -0.3 is 15.2 Å². The number of aliphatic hydroxyl groups excluding tert-OH is 1. The highest BCUT2D eigenvalue weighted by atomic mass is 16.5. The van der Waals surface area contributed by atoms with Crippen molar-refractivity contribution < 1.29 is 14.6 Å². The molecule has 27 heavy (non-hydrogen) atoms. The van der Waals surface area contributed by atoms with E-state index in [0.29, 0.717) is 18.6 Å². The fourth-order valence-corrected chi connectivity index (χ4v) is 3.37. The number of aryl methyl sites for hydroxylation is 1. The first-order valence-corrected chi connectivity index (χ1v) is 9.43. The summed E-state index contributed by atoms with van der Waals surface area (Å²) in [5, 5.41) is 12.8. The van der Waals surface area contributed by atoms with Crippen molar-refractivity contribution >= 4 is 5.91 Å². The van der Waals surface area contributed by atoms with Gasteiger partial charge in [0.15, 0.2) is 5.60 Å². The van der Waals surface area contributed by atoms with E-state index in [1.54, 1.807) is 20.0 Å². The van der Waals surface area contributed by atoms with E-state index in [0.717, 1.165) is 16.8 Å². The molecule has 144 valence electrons. The molecule has 1 saturated carbocycles. The third-order valence-electron chi connectivity index (χ3n) is 5.38. The third-order valence-corrected chi connectivity index (χ3v) is 5.38. The molecular weight excluding hydrogens is 340 g/mol. The molecule has 0 saturated heterocycles. The van der Waals surface area contributed by atoms with Crippen LogP contribution in [0.4, 0.5) is 0 Å². The molecule has 1 atom stereocenters. The summed E-state index contributed by atoms with van der Waals surface area (Å²) < 4.78 is 6.08. The number of aromatic nitrogens is 1. The second-order valence-electron chi connectivity index (χ2n) is 7.90. The molecule has 1 aliphatic carbocycles. The van der Waals surface area contributed by atoms with Gasteiger partial charge in [0.05, 0.1) is 17.8 Å². The van der Waals surface area contributed by atoms with E-state index >= 15 is 0 Å². The Morgan fingerprint density at radius 1 is 1.22 bits per heavy atom. The van der Waals surface area contributed by atoms with Crippen molar-refractivity contribution in [3.63, 3.8) is 0 Å². The van der Waals surface area contributed by atoms with Crippen LogP contribution < -0.4 is 10.1 Å². The van der Waals surface area contributed by atoms with Gasteiger partial charge in [0.25, 0.3) is 5.91 Å². The van der Waals surface area contributed by atoms with Crippen molar-refractivity contribution in [3.8, 4) is 5.75 Å². The fourth-order valence-electron chi connectivity index (χ4n) is 3.37. The molecule has 2 N–H and O–H groups in total. The number of hydrogen-bond donors (Lipinski definition) is 2. The van der Waals surface area contributed by atoms with E-state index < -0.39 is 5.60 Å². The molecule has 1 aliphatic rings. The number of rotatable bonds is 6. The molecule has 1 heterocycles. The zero-order valence-electron chi connectivity index (χ0n) is 16.4. The Kier molecular flexibility index (Phi) is 5.51. The SMILES string of the molecule is Cc1cccc(OC(C)(C)C(=O)N[C@@H](c2ccccn2)C2CC(O)C2)c1C. The summed E-state index contributed by atoms with van der Waals surface area (Å²) in [5.74, 6) is 0.694. The molecule has 0 bridgehead atoms. The van der Waals surface area contributed by atoms with Crippen LogP contribution in [0, 0.1) is 19.8 Å². The van der Waals surface area contributed by atoms with E-state index in [-0.39, 0.29) is 24.0 Å². The number of aliphatic hydroxyl groups is 1. The van der Waals surface area contributed by atoms with Crippen LogP contribution in [-0.2, 0) is 4.79 Å².